The number of fused-ring (bicyclic) bond motifs is 2. The van der Waals surface area contributed by atoms with Crippen molar-refractivity contribution < 1.29 is 4.42 Å². The zero-order valence-corrected chi connectivity index (χ0v) is 8.66. The molecule has 0 saturated heterocycles. The fourth-order valence-electron chi connectivity index (χ4n) is 1.70. The molecule has 0 atom stereocenters. The fraction of sp³-hybridized carbons (Fsp3) is 0. The summed E-state index contributed by atoms with van der Waals surface area (Å²) in [5.41, 5.74) is 1.76. The Bertz CT molecular complexity index is 646. The topological polar surface area (TPSA) is 11.3 Å². The second kappa shape index (κ2) is 3.21. The van der Waals surface area contributed by atoms with Crippen LogP contribution in [0.25, 0.3) is 21.9 Å². The molecule has 0 bridgehead atoms. The number of benzene rings is 2. The highest BCUT2D eigenvalue weighted by Crippen LogP contribution is 2.24. The van der Waals surface area contributed by atoms with Gasteiger partial charge in [-0.1, -0.05) is 23.7 Å². The third kappa shape index (κ3) is 1.45. The van der Waals surface area contributed by atoms with E-state index in [9.17, 15) is 0 Å². The van der Waals surface area contributed by atoms with Gasteiger partial charge in [-0.3, -0.25) is 0 Å². The van der Waals surface area contributed by atoms with Crippen LogP contribution >= 0.6 is 11.6 Å². The van der Waals surface area contributed by atoms with E-state index in [1.807, 2.05) is 42.5 Å². The van der Waals surface area contributed by atoms with Gasteiger partial charge in [0.1, 0.15) is 0 Å². The predicted octanol–water partition coefficient (Wildman–Crippen LogP) is 4.52. The molecule has 1 nitrogen and oxygen atoms in total. The van der Waals surface area contributed by atoms with Crippen molar-refractivity contribution in [3.05, 3.63) is 53.6 Å². The molecule has 0 radical (unpaired) electrons. The van der Waals surface area contributed by atoms with E-state index in [1.165, 1.54) is 0 Å². The van der Waals surface area contributed by atoms with Gasteiger partial charge in [-0.05, 0) is 24.3 Å². The monoisotopic (exact) mass is 215 g/mol. The SMILES string of the molecule is Clc1ccc2[o+]c3ccccc3cc2c1. The van der Waals surface area contributed by atoms with Gasteiger partial charge in [0, 0.05) is 17.2 Å². The molecule has 15 heavy (non-hydrogen) atoms. The van der Waals surface area contributed by atoms with Crippen molar-refractivity contribution >= 4 is 33.5 Å². The quantitative estimate of drug-likeness (QED) is 0.396. The molecule has 1 aromatic heterocycles. The zero-order valence-electron chi connectivity index (χ0n) is 7.91. The lowest BCUT2D eigenvalue weighted by Crippen LogP contribution is -1.75. The van der Waals surface area contributed by atoms with E-state index in [4.69, 9.17) is 16.0 Å². The van der Waals surface area contributed by atoms with Gasteiger partial charge >= 0.3 is 11.2 Å². The first-order valence-corrected chi connectivity index (χ1v) is 5.12. The van der Waals surface area contributed by atoms with Crippen molar-refractivity contribution in [1.29, 1.82) is 0 Å². The smallest absolute Gasteiger partial charge is 0.207 e. The van der Waals surface area contributed by atoms with E-state index < -0.39 is 0 Å². The van der Waals surface area contributed by atoms with Crippen LogP contribution in [-0.4, -0.2) is 0 Å². The van der Waals surface area contributed by atoms with E-state index in [0.717, 1.165) is 27.0 Å². The number of rotatable bonds is 0. The van der Waals surface area contributed by atoms with Crippen LogP contribution in [0.1, 0.15) is 0 Å². The molecule has 0 unspecified atom stereocenters. The first-order chi connectivity index (χ1) is 7.33. The zero-order chi connectivity index (χ0) is 10.3. The van der Waals surface area contributed by atoms with Gasteiger partial charge < -0.3 is 0 Å². The van der Waals surface area contributed by atoms with E-state index in [-0.39, 0.29) is 0 Å². The van der Waals surface area contributed by atoms with E-state index in [0.29, 0.717) is 0 Å². The Labute approximate surface area is 91.9 Å². The van der Waals surface area contributed by atoms with Gasteiger partial charge in [0.25, 0.3) is 0 Å². The Hall–Kier alpha value is -1.60. The molecule has 0 spiro atoms. The molecule has 72 valence electrons. The molecule has 0 amide bonds. The highest BCUT2D eigenvalue weighted by Gasteiger charge is 2.10. The minimum atomic E-state index is 0.730. The summed E-state index contributed by atoms with van der Waals surface area (Å²) in [4.78, 5) is 0. The van der Waals surface area contributed by atoms with Crippen molar-refractivity contribution in [3.63, 3.8) is 0 Å². The van der Waals surface area contributed by atoms with Crippen LogP contribution in [0.4, 0.5) is 0 Å². The Morgan fingerprint density at radius 2 is 1.60 bits per heavy atom. The van der Waals surface area contributed by atoms with Crippen molar-refractivity contribution in [2.45, 2.75) is 0 Å². The van der Waals surface area contributed by atoms with Gasteiger partial charge in [-0.25, -0.2) is 4.42 Å². The van der Waals surface area contributed by atoms with E-state index >= 15 is 0 Å². The van der Waals surface area contributed by atoms with Crippen molar-refractivity contribution in [1.82, 2.24) is 0 Å². The molecule has 3 aromatic rings. The summed E-state index contributed by atoms with van der Waals surface area (Å²) in [5, 5.41) is 2.85. The number of hydrogen-bond donors (Lipinski definition) is 0. The molecule has 0 fully saturated rings. The van der Waals surface area contributed by atoms with Crippen molar-refractivity contribution in [2.24, 2.45) is 0 Å². The second-order valence-corrected chi connectivity index (χ2v) is 3.90. The second-order valence-electron chi connectivity index (χ2n) is 3.47. The predicted molar refractivity (Wildman–Crippen MR) is 63.1 cm³/mol. The van der Waals surface area contributed by atoms with Crippen LogP contribution in [0, 0.1) is 0 Å². The van der Waals surface area contributed by atoms with Crippen LogP contribution in [0.15, 0.2) is 52.9 Å². The lowest BCUT2D eigenvalue weighted by Gasteiger charge is -1.92. The molecule has 0 aliphatic carbocycles. The Kier molecular flexibility index (Phi) is 1.86. The Morgan fingerprint density at radius 1 is 0.800 bits per heavy atom. The average molecular weight is 216 g/mol. The van der Waals surface area contributed by atoms with Crippen LogP contribution in [-0.2, 0) is 0 Å². The van der Waals surface area contributed by atoms with Crippen LogP contribution in [0.5, 0.6) is 0 Å². The van der Waals surface area contributed by atoms with Crippen LogP contribution in [0.2, 0.25) is 5.02 Å². The summed E-state index contributed by atoms with van der Waals surface area (Å²) in [5.74, 6) is 0. The highest BCUT2D eigenvalue weighted by atomic mass is 35.5. The maximum atomic E-state index is 5.93. The largest absolute Gasteiger partial charge is 0.360 e. The standard InChI is InChI=1S/C13H8ClO/c14-11-5-6-13-10(8-11)7-9-3-1-2-4-12(9)15-13/h1-8H/q+1. The molecule has 1 heterocycles. The van der Waals surface area contributed by atoms with Gasteiger partial charge in [0.05, 0.1) is 10.8 Å². The third-order valence-corrected chi connectivity index (χ3v) is 2.66. The molecular formula is C13H8ClO+. The van der Waals surface area contributed by atoms with Crippen molar-refractivity contribution in [2.75, 3.05) is 0 Å². The molecule has 0 aliphatic heterocycles. The minimum Gasteiger partial charge on any atom is -0.207 e. The molecule has 0 N–H and O–H groups in total. The van der Waals surface area contributed by atoms with E-state index in [1.54, 1.807) is 0 Å². The summed E-state index contributed by atoms with van der Waals surface area (Å²) in [7, 11) is 0. The minimum absolute atomic E-state index is 0.730. The summed E-state index contributed by atoms with van der Waals surface area (Å²) >= 11 is 5.93. The number of hydrogen-bond acceptors (Lipinski definition) is 0. The first kappa shape index (κ1) is 8.69. The van der Waals surface area contributed by atoms with Crippen molar-refractivity contribution in [3.8, 4) is 0 Å². The number of halogens is 1. The Balaban J connectivity index is 2.47. The molecule has 2 aromatic carbocycles. The summed E-state index contributed by atoms with van der Waals surface area (Å²) in [6, 6.07) is 15.7. The van der Waals surface area contributed by atoms with Crippen LogP contribution < -0.4 is 0 Å². The molecular weight excluding hydrogens is 208 g/mol. The summed E-state index contributed by atoms with van der Waals surface area (Å²) < 4.78 is 5.74. The average Bonchev–Trinajstić information content (AvgIpc) is 2.26. The normalized spacial score (nSPS) is 11.0. The van der Waals surface area contributed by atoms with Gasteiger partial charge in [-0.2, -0.15) is 0 Å². The maximum absolute atomic E-state index is 5.93. The fourth-order valence-corrected chi connectivity index (χ4v) is 1.88. The summed E-state index contributed by atoms with van der Waals surface area (Å²) in [6.07, 6.45) is 0. The van der Waals surface area contributed by atoms with Crippen LogP contribution in [0.3, 0.4) is 0 Å². The number of para-hydroxylation sites is 1. The summed E-state index contributed by atoms with van der Waals surface area (Å²) in [6.45, 7) is 0. The first-order valence-electron chi connectivity index (χ1n) is 4.74. The lowest BCUT2D eigenvalue weighted by molar-refractivity contribution is 0.661. The van der Waals surface area contributed by atoms with Gasteiger partial charge in [0.2, 0.25) is 0 Å². The molecule has 0 saturated carbocycles. The molecule has 0 aliphatic rings. The van der Waals surface area contributed by atoms with Gasteiger partial charge in [-0.15, -0.1) is 0 Å². The highest BCUT2D eigenvalue weighted by molar-refractivity contribution is 6.31. The maximum Gasteiger partial charge on any atom is 0.360 e. The van der Waals surface area contributed by atoms with Gasteiger partial charge in [0.15, 0.2) is 0 Å². The Morgan fingerprint density at radius 3 is 2.53 bits per heavy atom. The third-order valence-electron chi connectivity index (χ3n) is 2.42. The lowest BCUT2D eigenvalue weighted by atomic mass is 10.1. The molecule has 3 rings (SSSR count). The van der Waals surface area contributed by atoms with E-state index in [2.05, 4.69) is 6.07 Å². The molecule has 2 heteroatoms.